The van der Waals surface area contributed by atoms with Gasteiger partial charge in [-0.05, 0) is 30.7 Å². The lowest BCUT2D eigenvalue weighted by atomic mass is 10.0. The first-order valence-corrected chi connectivity index (χ1v) is 13.3. The smallest absolute Gasteiger partial charge is 0.336 e. The molecule has 0 radical (unpaired) electrons. The van der Waals surface area contributed by atoms with Gasteiger partial charge in [0.25, 0.3) is 11.8 Å². The van der Waals surface area contributed by atoms with Gasteiger partial charge in [-0.25, -0.2) is 4.79 Å². The van der Waals surface area contributed by atoms with Gasteiger partial charge in [-0.3, -0.25) is 14.5 Å². The van der Waals surface area contributed by atoms with Crippen LogP contribution < -0.4 is 0 Å². The Morgan fingerprint density at radius 2 is 1.20 bits per heavy atom. The van der Waals surface area contributed by atoms with Gasteiger partial charge in [0.2, 0.25) is 0 Å². The Kier molecular flexibility index (Phi) is 13.5. The van der Waals surface area contributed by atoms with Crippen molar-refractivity contribution in [2.75, 3.05) is 6.54 Å². The molecule has 0 aliphatic carbocycles. The van der Waals surface area contributed by atoms with E-state index in [-0.39, 0.29) is 23.4 Å². The Morgan fingerprint density at radius 3 is 1.69 bits per heavy atom. The van der Waals surface area contributed by atoms with E-state index < -0.39 is 17.8 Å². The highest BCUT2D eigenvalue weighted by Gasteiger charge is 2.28. The number of nitrogens with zero attached hydrogens (tertiary/aromatic N) is 1. The van der Waals surface area contributed by atoms with Crippen LogP contribution in [0.5, 0.6) is 0 Å². The fourth-order valence-electron chi connectivity index (χ4n) is 4.29. The summed E-state index contributed by atoms with van der Waals surface area (Å²) in [6.45, 7) is 2.47. The van der Waals surface area contributed by atoms with E-state index in [0.29, 0.717) is 6.42 Å². The summed E-state index contributed by atoms with van der Waals surface area (Å²) in [5.74, 6) is -2.29. The van der Waals surface area contributed by atoms with Gasteiger partial charge >= 0.3 is 5.97 Å². The van der Waals surface area contributed by atoms with Gasteiger partial charge in [0.15, 0.2) is 5.76 Å². The molecule has 2 rings (SSSR count). The first kappa shape index (κ1) is 28.3. The van der Waals surface area contributed by atoms with Crippen LogP contribution in [0.2, 0.25) is 0 Å². The second kappa shape index (κ2) is 16.7. The van der Waals surface area contributed by atoms with Gasteiger partial charge in [-0.2, -0.15) is 0 Å². The first-order valence-electron chi connectivity index (χ1n) is 13.3. The number of unbranched alkanes of at least 4 members (excludes halogenated alkanes) is 13. The molecule has 1 heterocycles. The molecule has 1 N–H and O–H groups in total. The third kappa shape index (κ3) is 10.1. The molecular formula is C29H41NO5. The number of rotatable bonds is 18. The Bertz CT molecular complexity index is 890. The van der Waals surface area contributed by atoms with E-state index in [0.717, 1.165) is 24.2 Å². The molecule has 2 aromatic rings. The summed E-state index contributed by atoms with van der Waals surface area (Å²) in [5.41, 5.74) is -0.110. The SMILES string of the molecule is CCCCCCCCCCCCCCCCN(C(=O)c1ccco1)C(=O)c1ccccc1C(=O)O. The number of carboxylic acid groups (broad SMARTS) is 1. The highest BCUT2D eigenvalue weighted by atomic mass is 16.4. The molecular weight excluding hydrogens is 442 g/mol. The minimum Gasteiger partial charge on any atom is -0.478 e. The number of imide groups is 1. The largest absolute Gasteiger partial charge is 0.478 e. The monoisotopic (exact) mass is 483 g/mol. The maximum atomic E-state index is 13.2. The number of benzene rings is 1. The van der Waals surface area contributed by atoms with Crippen LogP contribution in [0.1, 0.15) is 128 Å². The topological polar surface area (TPSA) is 87.8 Å². The van der Waals surface area contributed by atoms with E-state index in [9.17, 15) is 19.5 Å². The standard InChI is InChI=1S/C29H41NO5/c1-2-3-4-5-6-7-8-9-10-11-12-13-14-17-22-30(28(32)26-21-18-23-35-26)27(31)24-19-15-16-20-25(24)29(33)34/h15-16,18-21,23H,2-14,17,22H2,1H3,(H,33,34). The highest BCUT2D eigenvalue weighted by Crippen LogP contribution is 2.17. The zero-order chi connectivity index (χ0) is 25.3. The van der Waals surface area contributed by atoms with E-state index in [1.165, 1.54) is 88.7 Å². The highest BCUT2D eigenvalue weighted by molar-refractivity contribution is 6.13. The molecule has 192 valence electrons. The lowest BCUT2D eigenvalue weighted by Crippen LogP contribution is -2.38. The van der Waals surface area contributed by atoms with Gasteiger partial charge in [-0.1, -0.05) is 103 Å². The van der Waals surface area contributed by atoms with Crippen molar-refractivity contribution in [1.82, 2.24) is 4.90 Å². The van der Waals surface area contributed by atoms with Crippen molar-refractivity contribution in [2.45, 2.75) is 96.8 Å². The van der Waals surface area contributed by atoms with E-state index >= 15 is 0 Å². The van der Waals surface area contributed by atoms with Crippen molar-refractivity contribution in [3.05, 3.63) is 59.5 Å². The predicted molar refractivity (Wildman–Crippen MR) is 138 cm³/mol. The van der Waals surface area contributed by atoms with Crippen molar-refractivity contribution < 1.29 is 23.9 Å². The molecule has 0 spiro atoms. The van der Waals surface area contributed by atoms with Crippen LogP contribution in [-0.2, 0) is 0 Å². The predicted octanol–water partition coefficient (Wildman–Crippen LogP) is 7.74. The number of hydrogen-bond acceptors (Lipinski definition) is 4. The molecule has 35 heavy (non-hydrogen) atoms. The van der Waals surface area contributed by atoms with E-state index in [1.54, 1.807) is 18.2 Å². The maximum Gasteiger partial charge on any atom is 0.336 e. The normalized spacial score (nSPS) is 10.9. The Morgan fingerprint density at radius 1 is 0.686 bits per heavy atom. The quantitative estimate of drug-likeness (QED) is 0.173. The Balaban J connectivity index is 1.75. The molecule has 1 aromatic carbocycles. The molecule has 0 bridgehead atoms. The van der Waals surface area contributed by atoms with Crippen LogP contribution in [0.4, 0.5) is 0 Å². The summed E-state index contributed by atoms with van der Waals surface area (Å²) in [5, 5.41) is 9.45. The summed E-state index contributed by atoms with van der Waals surface area (Å²) in [7, 11) is 0. The lowest BCUT2D eigenvalue weighted by Gasteiger charge is -2.20. The number of hydrogen-bond donors (Lipinski definition) is 1. The molecule has 0 aliphatic rings. The zero-order valence-electron chi connectivity index (χ0n) is 21.2. The summed E-state index contributed by atoms with van der Waals surface area (Å²) in [6, 6.07) is 9.08. The van der Waals surface area contributed by atoms with Crippen LogP contribution in [0.3, 0.4) is 0 Å². The minimum absolute atomic E-state index is 0.00488. The minimum atomic E-state index is -1.20. The van der Waals surface area contributed by atoms with Crippen molar-refractivity contribution in [2.24, 2.45) is 0 Å². The number of carbonyl (C=O) groups is 3. The first-order chi connectivity index (χ1) is 17.1. The number of amides is 2. The van der Waals surface area contributed by atoms with Crippen LogP contribution in [-0.4, -0.2) is 34.3 Å². The average molecular weight is 484 g/mol. The fraction of sp³-hybridized carbons (Fsp3) is 0.552. The number of aromatic carboxylic acids is 1. The molecule has 2 amide bonds. The van der Waals surface area contributed by atoms with Gasteiger partial charge in [-0.15, -0.1) is 0 Å². The van der Waals surface area contributed by atoms with Gasteiger partial charge < -0.3 is 9.52 Å². The average Bonchev–Trinajstić information content (AvgIpc) is 3.41. The van der Waals surface area contributed by atoms with E-state index in [2.05, 4.69) is 6.92 Å². The molecule has 0 saturated carbocycles. The third-order valence-electron chi connectivity index (χ3n) is 6.35. The number of carbonyl (C=O) groups excluding carboxylic acids is 2. The molecule has 6 heteroatoms. The van der Waals surface area contributed by atoms with Crippen molar-refractivity contribution in [3.8, 4) is 0 Å². The van der Waals surface area contributed by atoms with Crippen LogP contribution in [0, 0.1) is 0 Å². The van der Waals surface area contributed by atoms with Crippen LogP contribution in [0.15, 0.2) is 47.1 Å². The van der Waals surface area contributed by atoms with Crippen molar-refractivity contribution in [3.63, 3.8) is 0 Å². The van der Waals surface area contributed by atoms with E-state index in [1.807, 2.05) is 0 Å². The second-order valence-corrected chi connectivity index (χ2v) is 9.19. The van der Waals surface area contributed by atoms with Gasteiger partial charge in [0, 0.05) is 6.54 Å². The summed E-state index contributed by atoms with van der Waals surface area (Å²) >= 11 is 0. The maximum absolute atomic E-state index is 13.2. The van der Waals surface area contributed by atoms with Crippen LogP contribution >= 0.6 is 0 Å². The van der Waals surface area contributed by atoms with Gasteiger partial charge in [0.05, 0.1) is 17.4 Å². The fourth-order valence-corrected chi connectivity index (χ4v) is 4.29. The van der Waals surface area contributed by atoms with E-state index in [4.69, 9.17) is 4.42 Å². The van der Waals surface area contributed by atoms with Crippen molar-refractivity contribution >= 4 is 17.8 Å². The lowest BCUT2D eigenvalue weighted by molar-refractivity contribution is 0.0581. The Labute approximate surface area is 209 Å². The number of carboxylic acids is 1. The van der Waals surface area contributed by atoms with Crippen LogP contribution in [0.25, 0.3) is 0 Å². The summed E-state index contributed by atoms with van der Waals surface area (Å²) < 4.78 is 5.20. The zero-order valence-corrected chi connectivity index (χ0v) is 21.2. The molecule has 1 aromatic heterocycles. The molecule has 6 nitrogen and oxygen atoms in total. The molecule has 0 fully saturated rings. The second-order valence-electron chi connectivity index (χ2n) is 9.19. The molecule has 0 atom stereocenters. The summed E-state index contributed by atoms with van der Waals surface area (Å²) in [6.07, 6.45) is 18.4. The molecule has 0 unspecified atom stereocenters. The molecule has 0 saturated heterocycles. The van der Waals surface area contributed by atoms with Crippen molar-refractivity contribution in [1.29, 1.82) is 0 Å². The Hall–Kier alpha value is -2.89. The van der Waals surface area contributed by atoms with Gasteiger partial charge in [0.1, 0.15) is 0 Å². The third-order valence-corrected chi connectivity index (χ3v) is 6.35. The summed E-state index contributed by atoms with van der Waals surface area (Å²) in [4.78, 5) is 38.8. The number of furan rings is 1. The molecule has 0 aliphatic heterocycles.